The number of nitrogens with one attached hydrogen (secondary N) is 2. The summed E-state index contributed by atoms with van der Waals surface area (Å²) in [7, 11) is 1.78. The van der Waals surface area contributed by atoms with Gasteiger partial charge in [-0.1, -0.05) is 18.2 Å². The number of aromatic nitrogens is 2. The van der Waals surface area contributed by atoms with E-state index in [1.165, 1.54) is 6.07 Å². The maximum Gasteiger partial charge on any atom is 0.315 e. The Morgan fingerprint density at radius 3 is 2.86 bits per heavy atom. The van der Waals surface area contributed by atoms with Gasteiger partial charge in [0.2, 0.25) is 0 Å². The largest absolute Gasteiger partial charge is 0.396 e. The van der Waals surface area contributed by atoms with Gasteiger partial charge in [0.05, 0.1) is 0 Å². The molecule has 2 rings (SSSR count). The van der Waals surface area contributed by atoms with Crippen LogP contribution in [0.1, 0.15) is 23.9 Å². The molecule has 1 unspecified atom stereocenters. The Morgan fingerprint density at radius 2 is 2.23 bits per heavy atom. The van der Waals surface area contributed by atoms with Crippen LogP contribution in [0.4, 0.5) is 9.18 Å². The number of imidazole rings is 1. The Balaban J connectivity index is 2.22. The normalized spacial score (nSPS) is 12.0. The van der Waals surface area contributed by atoms with Crippen molar-refractivity contribution in [2.24, 2.45) is 7.05 Å². The molecule has 0 aliphatic carbocycles. The van der Waals surface area contributed by atoms with Crippen molar-refractivity contribution in [2.45, 2.75) is 12.5 Å². The van der Waals surface area contributed by atoms with Gasteiger partial charge in [-0.2, -0.15) is 0 Å². The number of rotatable bonds is 6. The highest BCUT2D eigenvalue weighted by Gasteiger charge is 2.23. The lowest BCUT2D eigenvalue weighted by Crippen LogP contribution is -2.40. The minimum atomic E-state index is -0.699. The molecule has 1 heterocycles. The SMILES string of the molecule is Cn1ccnc1C(NC(=O)NCCCO)c1ccccc1F. The lowest BCUT2D eigenvalue weighted by atomic mass is 10.1. The van der Waals surface area contributed by atoms with Gasteiger partial charge in [-0.3, -0.25) is 0 Å². The van der Waals surface area contributed by atoms with Gasteiger partial charge >= 0.3 is 6.03 Å². The molecular formula is C15H19FN4O2. The number of urea groups is 1. The van der Waals surface area contributed by atoms with Crippen LogP contribution in [0.2, 0.25) is 0 Å². The number of carbonyl (C=O) groups excluding carboxylic acids is 1. The average molecular weight is 306 g/mol. The molecule has 0 saturated heterocycles. The first-order valence-electron chi connectivity index (χ1n) is 7.00. The van der Waals surface area contributed by atoms with E-state index in [0.29, 0.717) is 24.4 Å². The molecule has 0 bridgehead atoms. The fraction of sp³-hybridized carbons (Fsp3) is 0.333. The van der Waals surface area contributed by atoms with Gasteiger partial charge in [0.15, 0.2) is 0 Å². The summed E-state index contributed by atoms with van der Waals surface area (Å²) < 4.78 is 15.8. The van der Waals surface area contributed by atoms with Gasteiger partial charge in [-0.25, -0.2) is 14.2 Å². The third-order valence-electron chi connectivity index (χ3n) is 3.23. The summed E-state index contributed by atoms with van der Waals surface area (Å²) in [5.41, 5.74) is 0.342. The summed E-state index contributed by atoms with van der Waals surface area (Å²) >= 11 is 0. The van der Waals surface area contributed by atoms with Crippen molar-refractivity contribution in [3.8, 4) is 0 Å². The highest BCUT2D eigenvalue weighted by molar-refractivity contribution is 5.74. The van der Waals surface area contributed by atoms with Crippen LogP contribution in [0.15, 0.2) is 36.7 Å². The number of halogens is 1. The monoisotopic (exact) mass is 306 g/mol. The first-order chi connectivity index (χ1) is 10.6. The van der Waals surface area contributed by atoms with Crippen LogP contribution in [0.3, 0.4) is 0 Å². The molecular weight excluding hydrogens is 287 g/mol. The number of aryl methyl sites for hydroxylation is 1. The van der Waals surface area contributed by atoms with Gasteiger partial charge < -0.3 is 20.3 Å². The van der Waals surface area contributed by atoms with Gasteiger partial charge in [0, 0.05) is 38.2 Å². The Labute approximate surface area is 128 Å². The fourth-order valence-electron chi connectivity index (χ4n) is 2.11. The van der Waals surface area contributed by atoms with E-state index in [1.807, 2.05) is 0 Å². The molecule has 2 amide bonds. The van der Waals surface area contributed by atoms with E-state index in [2.05, 4.69) is 15.6 Å². The maximum absolute atomic E-state index is 14.1. The molecule has 0 fully saturated rings. The molecule has 0 aliphatic heterocycles. The zero-order valence-electron chi connectivity index (χ0n) is 12.3. The van der Waals surface area contributed by atoms with E-state index in [0.717, 1.165) is 0 Å². The molecule has 1 aromatic heterocycles. The number of carbonyl (C=O) groups is 1. The molecule has 0 spiro atoms. The van der Waals surface area contributed by atoms with Crippen LogP contribution >= 0.6 is 0 Å². The van der Waals surface area contributed by atoms with Crippen molar-refractivity contribution in [3.05, 3.63) is 53.9 Å². The molecule has 2 aromatic rings. The van der Waals surface area contributed by atoms with Crippen LogP contribution in [-0.4, -0.2) is 33.8 Å². The van der Waals surface area contributed by atoms with Crippen LogP contribution in [0.5, 0.6) is 0 Å². The van der Waals surface area contributed by atoms with Crippen molar-refractivity contribution < 1.29 is 14.3 Å². The van der Waals surface area contributed by atoms with E-state index in [1.54, 1.807) is 42.2 Å². The molecule has 6 nitrogen and oxygen atoms in total. The topological polar surface area (TPSA) is 79.2 Å². The molecule has 118 valence electrons. The van der Waals surface area contributed by atoms with Crippen molar-refractivity contribution in [3.63, 3.8) is 0 Å². The number of hydrogen-bond donors (Lipinski definition) is 3. The van der Waals surface area contributed by atoms with Crippen LogP contribution in [0.25, 0.3) is 0 Å². The smallest absolute Gasteiger partial charge is 0.315 e. The molecule has 1 aromatic carbocycles. The van der Waals surface area contributed by atoms with E-state index < -0.39 is 17.9 Å². The molecule has 0 radical (unpaired) electrons. The zero-order valence-corrected chi connectivity index (χ0v) is 12.3. The summed E-state index contributed by atoms with van der Waals surface area (Å²) in [6, 6.07) is 5.12. The lowest BCUT2D eigenvalue weighted by Gasteiger charge is -2.20. The number of nitrogens with zero attached hydrogens (tertiary/aromatic N) is 2. The van der Waals surface area contributed by atoms with Crippen LogP contribution in [-0.2, 0) is 7.05 Å². The van der Waals surface area contributed by atoms with Crippen LogP contribution in [0, 0.1) is 5.82 Å². The van der Waals surface area contributed by atoms with Gasteiger partial charge in [0.1, 0.15) is 17.7 Å². The maximum atomic E-state index is 14.1. The van der Waals surface area contributed by atoms with Gasteiger partial charge in [0.25, 0.3) is 0 Å². The van der Waals surface area contributed by atoms with Gasteiger partial charge in [-0.15, -0.1) is 0 Å². The first kappa shape index (κ1) is 16.0. The Kier molecular flexibility index (Phi) is 5.48. The van der Waals surface area contributed by atoms with E-state index in [4.69, 9.17) is 5.11 Å². The number of benzene rings is 1. The average Bonchev–Trinajstić information content (AvgIpc) is 2.92. The predicted molar refractivity (Wildman–Crippen MR) is 79.7 cm³/mol. The minimum Gasteiger partial charge on any atom is -0.396 e. The summed E-state index contributed by atoms with van der Waals surface area (Å²) in [4.78, 5) is 16.2. The van der Waals surface area contributed by atoms with Crippen molar-refractivity contribution in [2.75, 3.05) is 13.2 Å². The quantitative estimate of drug-likeness (QED) is 0.705. The van der Waals surface area contributed by atoms with Crippen molar-refractivity contribution in [1.82, 2.24) is 20.2 Å². The number of aliphatic hydroxyl groups excluding tert-OH is 1. The third kappa shape index (κ3) is 3.82. The van der Waals surface area contributed by atoms with Crippen molar-refractivity contribution >= 4 is 6.03 Å². The second kappa shape index (κ2) is 7.56. The second-order valence-corrected chi connectivity index (χ2v) is 4.83. The van der Waals surface area contributed by atoms with E-state index in [-0.39, 0.29) is 6.61 Å². The molecule has 1 atom stereocenters. The predicted octanol–water partition coefficient (Wildman–Crippen LogP) is 1.33. The summed E-state index contributed by atoms with van der Waals surface area (Å²) in [6.07, 6.45) is 3.78. The Morgan fingerprint density at radius 1 is 1.45 bits per heavy atom. The van der Waals surface area contributed by atoms with E-state index in [9.17, 15) is 9.18 Å². The van der Waals surface area contributed by atoms with E-state index >= 15 is 0 Å². The van der Waals surface area contributed by atoms with Gasteiger partial charge in [-0.05, 0) is 12.5 Å². The number of aliphatic hydroxyl groups is 1. The lowest BCUT2D eigenvalue weighted by molar-refractivity contribution is 0.235. The first-order valence-corrected chi connectivity index (χ1v) is 7.00. The fourth-order valence-corrected chi connectivity index (χ4v) is 2.11. The summed E-state index contributed by atoms with van der Waals surface area (Å²) in [6.45, 7) is 0.337. The zero-order chi connectivity index (χ0) is 15.9. The highest BCUT2D eigenvalue weighted by atomic mass is 19.1. The number of hydrogen-bond acceptors (Lipinski definition) is 3. The van der Waals surface area contributed by atoms with Crippen LogP contribution < -0.4 is 10.6 Å². The summed E-state index contributed by atoms with van der Waals surface area (Å²) in [5.74, 6) is 0.119. The minimum absolute atomic E-state index is 0.00358. The number of amides is 2. The Hall–Kier alpha value is -2.41. The molecule has 22 heavy (non-hydrogen) atoms. The molecule has 0 saturated carbocycles. The third-order valence-corrected chi connectivity index (χ3v) is 3.23. The second-order valence-electron chi connectivity index (χ2n) is 4.83. The Bertz CT molecular complexity index is 630. The van der Waals surface area contributed by atoms with Crippen molar-refractivity contribution in [1.29, 1.82) is 0 Å². The molecule has 3 N–H and O–H groups in total. The standard InChI is InChI=1S/C15H19FN4O2/c1-20-9-8-17-14(20)13(11-5-2-3-6-12(11)16)19-15(22)18-7-4-10-21/h2-3,5-6,8-9,13,21H,4,7,10H2,1H3,(H2,18,19,22). The molecule has 0 aliphatic rings. The highest BCUT2D eigenvalue weighted by Crippen LogP contribution is 2.22. The molecule has 7 heteroatoms. The summed E-state index contributed by atoms with van der Waals surface area (Å²) in [5, 5.41) is 14.1.